The van der Waals surface area contributed by atoms with Gasteiger partial charge in [0.25, 0.3) is 0 Å². The van der Waals surface area contributed by atoms with Gasteiger partial charge in [0, 0.05) is 12.2 Å². The Labute approximate surface area is 99.9 Å². The number of carbonyl (C=O) groups is 2. The highest BCUT2D eigenvalue weighted by atomic mass is 16.2. The van der Waals surface area contributed by atoms with Gasteiger partial charge in [-0.3, -0.25) is 9.59 Å². The van der Waals surface area contributed by atoms with Crippen LogP contribution in [0.4, 0.5) is 5.69 Å². The number of anilines is 1. The van der Waals surface area contributed by atoms with Crippen molar-refractivity contribution in [1.82, 2.24) is 5.32 Å². The first-order chi connectivity index (χ1) is 8.22. The Morgan fingerprint density at radius 1 is 1.41 bits per heavy atom. The third kappa shape index (κ3) is 2.36. The molecule has 0 spiro atoms. The number of rotatable bonds is 3. The summed E-state index contributed by atoms with van der Waals surface area (Å²) in [5.74, 6) is -0.420. The third-order valence-electron chi connectivity index (χ3n) is 2.79. The van der Waals surface area contributed by atoms with Crippen molar-refractivity contribution in [3.8, 4) is 0 Å². The van der Waals surface area contributed by atoms with E-state index >= 15 is 0 Å². The van der Waals surface area contributed by atoms with Gasteiger partial charge in [-0.25, -0.2) is 0 Å². The fourth-order valence-electron chi connectivity index (χ4n) is 1.93. The van der Waals surface area contributed by atoms with Gasteiger partial charge < -0.3 is 10.2 Å². The van der Waals surface area contributed by atoms with Crippen molar-refractivity contribution in [2.45, 2.75) is 6.42 Å². The van der Waals surface area contributed by atoms with E-state index in [0.29, 0.717) is 6.54 Å². The molecule has 1 N–H and O–H groups in total. The summed E-state index contributed by atoms with van der Waals surface area (Å²) in [6, 6.07) is 7.82. The van der Waals surface area contributed by atoms with Crippen LogP contribution in [-0.2, 0) is 16.0 Å². The molecule has 0 fully saturated rings. The van der Waals surface area contributed by atoms with Crippen molar-refractivity contribution in [3.05, 3.63) is 42.5 Å². The SMILES string of the molecule is C=CC(=O)NCC(=O)N1CCc2ccccc21. The highest BCUT2D eigenvalue weighted by molar-refractivity contribution is 5.99. The van der Waals surface area contributed by atoms with Crippen molar-refractivity contribution >= 4 is 17.5 Å². The van der Waals surface area contributed by atoms with E-state index in [1.165, 1.54) is 5.56 Å². The summed E-state index contributed by atoms with van der Waals surface area (Å²) in [6.45, 7) is 4.03. The van der Waals surface area contributed by atoms with E-state index in [-0.39, 0.29) is 18.4 Å². The number of nitrogens with zero attached hydrogens (tertiary/aromatic N) is 1. The predicted molar refractivity (Wildman–Crippen MR) is 65.7 cm³/mol. The molecule has 88 valence electrons. The number of para-hydroxylation sites is 1. The van der Waals surface area contributed by atoms with Gasteiger partial charge in [-0.2, -0.15) is 0 Å². The largest absolute Gasteiger partial charge is 0.343 e. The Balaban J connectivity index is 2.03. The Hall–Kier alpha value is -2.10. The second-order valence-electron chi connectivity index (χ2n) is 3.85. The zero-order valence-corrected chi connectivity index (χ0v) is 9.48. The van der Waals surface area contributed by atoms with Gasteiger partial charge in [0.15, 0.2) is 0 Å². The lowest BCUT2D eigenvalue weighted by molar-refractivity contribution is -0.122. The molecule has 0 bridgehead atoms. The van der Waals surface area contributed by atoms with Crippen LogP contribution >= 0.6 is 0 Å². The van der Waals surface area contributed by atoms with Gasteiger partial charge in [-0.15, -0.1) is 0 Å². The van der Waals surface area contributed by atoms with Crippen molar-refractivity contribution in [2.75, 3.05) is 18.0 Å². The topological polar surface area (TPSA) is 49.4 Å². The molecule has 4 heteroatoms. The van der Waals surface area contributed by atoms with Gasteiger partial charge in [-0.05, 0) is 24.1 Å². The smallest absolute Gasteiger partial charge is 0.246 e. The molecule has 0 aromatic heterocycles. The maximum Gasteiger partial charge on any atom is 0.246 e. The molecule has 0 radical (unpaired) electrons. The van der Waals surface area contributed by atoms with Crippen LogP contribution in [0.5, 0.6) is 0 Å². The number of amides is 2. The minimum absolute atomic E-state index is 0.0131. The fraction of sp³-hybridized carbons (Fsp3) is 0.231. The Morgan fingerprint density at radius 2 is 2.18 bits per heavy atom. The van der Waals surface area contributed by atoms with E-state index in [0.717, 1.165) is 18.2 Å². The fourth-order valence-corrected chi connectivity index (χ4v) is 1.93. The molecular weight excluding hydrogens is 216 g/mol. The average molecular weight is 230 g/mol. The first-order valence-electron chi connectivity index (χ1n) is 5.51. The van der Waals surface area contributed by atoms with Crippen LogP contribution in [0.25, 0.3) is 0 Å². The van der Waals surface area contributed by atoms with Gasteiger partial charge in [0.1, 0.15) is 0 Å². The van der Waals surface area contributed by atoms with E-state index in [4.69, 9.17) is 0 Å². The minimum atomic E-state index is -0.328. The van der Waals surface area contributed by atoms with Crippen LogP contribution in [-0.4, -0.2) is 24.9 Å². The van der Waals surface area contributed by atoms with Gasteiger partial charge in [0.2, 0.25) is 11.8 Å². The molecule has 0 unspecified atom stereocenters. The molecule has 0 atom stereocenters. The summed E-state index contributed by atoms with van der Waals surface area (Å²) in [5.41, 5.74) is 2.13. The molecule has 4 nitrogen and oxygen atoms in total. The third-order valence-corrected chi connectivity index (χ3v) is 2.79. The minimum Gasteiger partial charge on any atom is -0.343 e. The highest BCUT2D eigenvalue weighted by Crippen LogP contribution is 2.27. The summed E-state index contributed by atoms with van der Waals surface area (Å²) in [7, 11) is 0. The van der Waals surface area contributed by atoms with Crippen molar-refractivity contribution < 1.29 is 9.59 Å². The molecular formula is C13H14N2O2. The van der Waals surface area contributed by atoms with Gasteiger partial charge in [-0.1, -0.05) is 24.8 Å². The molecule has 1 aliphatic rings. The van der Waals surface area contributed by atoms with Gasteiger partial charge >= 0.3 is 0 Å². The van der Waals surface area contributed by atoms with Crippen molar-refractivity contribution in [2.24, 2.45) is 0 Å². The standard InChI is InChI=1S/C13H14N2O2/c1-2-12(16)14-9-13(17)15-8-7-10-5-3-4-6-11(10)15/h2-6H,1,7-9H2,(H,14,16). The lowest BCUT2D eigenvalue weighted by Gasteiger charge is -2.17. The lowest BCUT2D eigenvalue weighted by atomic mass is 10.2. The molecule has 0 saturated heterocycles. The molecule has 1 heterocycles. The highest BCUT2D eigenvalue weighted by Gasteiger charge is 2.23. The maximum atomic E-state index is 11.9. The first kappa shape index (κ1) is 11.4. The summed E-state index contributed by atoms with van der Waals surface area (Å²) < 4.78 is 0. The Morgan fingerprint density at radius 3 is 2.94 bits per heavy atom. The van der Waals surface area contributed by atoms with Crippen LogP contribution in [0, 0.1) is 0 Å². The van der Waals surface area contributed by atoms with Crippen molar-refractivity contribution in [1.29, 1.82) is 0 Å². The number of hydrogen-bond acceptors (Lipinski definition) is 2. The molecule has 2 amide bonds. The second kappa shape index (κ2) is 4.82. The molecule has 1 aromatic rings. The lowest BCUT2D eigenvalue weighted by Crippen LogP contribution is -2.38. The van der Waals surface area contributed by atoms with Crippen LogP contribution in [0.15, 0.2) is 36.9 Å². The van der Waals surface area contributed by atoms with E-state index in [1.807, 2.05) is 24.3 Å². The monoisotopic (exact) mass is 230 g/mol. The van der Waals surface area contributed by atoms with Crippen LogP contribution < -0.4 is 10.2 Å². The average Bonchev–Trinajstić information content (AvgIpc) is 2.79. The zero-order chi connectivity index (χ0) is 12.3. The van der Waals surface area contributed by atoms with E-state index in [1.54, 1.807) is 4.90 Å². The number of benzene rings is 1. The van der Waals surface area contributed by atoms with E-state index in [9.17, 15) is 9.59 Å². The number of fused-ring (bicyclic) bond motifs is 1. The van der Waals surface area contributed by atoms with Crippen LogP contribution in [0.2, 0.25) is 0 Å². The molecule has 17 heavy (non-hydrogen) atoms. The Bertz CT molecular complexity index is 468. The van der Waals surface area contributed by atoms with Crippen LogP contribution in [0.1, 0.15) is 5.56 Å². The number of nitrogens with one attached hydrogen (secondary N) is 1. The molecule has 1 aromatic carbocycles. The molecule has 2 rings (SSSR count). The summed E-state index contributed by atoms with van der Waals surface area (Å²) >= 11 is 0. The quantitative estimate of drug-likeness (QED) is 0.783. The number of carbonyl (C=O) groups excluding carboxylic acids is 2. The molecule has 1 aliphatic heterocycles. The van der Waals surface area contributed by atoms with E-state index in [2.05, 4.69) is 11.9 Å². The summed E-state index contributed by atoms with van der Waals surface area (Å²) in [6.07, 6.45) is 2.03. The normalized spacial score (nSPS) is 13.1. The van der Waals surface area contributed by atoms with E-state index < -0.39 is 0 Å². The zero-order valence-electron chi connectivity index (χ0n) is 9.48. The molecule has 0 aliphatic carbocycles. The Kier molecular flexibility index (Phi) is 3.23. The van der Waals surface area contributed by atoms with Gasteiger partial charge in [0.05, 0.1) is 6.54 Å². The first-order valence-corrected chi connectivity index (χ1v) is 5.51. The van der Waals surface area contributed by atoms with Crippen molar-refractivity contribution in [3.63, 3.8) is 0 Å². The van der Waals surface area contributed by atoms with Crippen LogP contribution in [0.3, 0.4) is 0 Å². The maximum absolute atomic E-state index is 11.9. The summed E-state index contributed by atoms with van der Waals surface area (Å²) in [5, 5.41) is 2.49. The number of hydrogen-bond donors (Lipinski definition) is 1. The summed E-state index contributed by atoms with van der Waals surface area (Å²) in [4.78, 5) is 24.6. The second-order valence-corrected chi connectivity index (χ2v) is 3.85. The molecule has 0 saturated carbocycles. The predicted octanol–water partition coefficient (Wildman–Crippen LogP) is 0.878.